The Hall–Kier alpha value is -2.20. The zero-order valence-electron chi connectivity index (χ0n) is 17.8. The van der Waals surface area contributed by atoms with E-state index in [4.69, 9.17) is 14.2 Å². The number of para-hydroxylation sites is 1. The van der Waals surface area contributed by atoms with E-state index in [2.05, 4.69) is 26.6 Å². The minimum absolute atomic E-state index is 0. The lowest BCUT2D eigenvalue weighted by Gasteiger charge is -2.16. The maximum Gasteiger partial charge on any atom is 0.195 e. The van der Waals surface area contributed by atoms with E-state index < -0.39 is 0 Å². The van der Waals surface area contributed by atoms with Gasteiger partial charge in [0.25, 0.3) is 0 Å². The van der Waals surface area contributed by atoms with Crippen LogP contribution in [0.5, 0.6) is 17.2 Å². The van der Waals surface area contributed by atoms with E-state index in [9.17, 15) is 0 Å². The number of likely N-dealkylation sites (N-methyl/N-ethyl adjacent to an activating group) is 1. The molecule has 1 aliphatic rings. The van der Waals surface area contributed by atoms with Gasteiger partial charge < -0.3 is 29.7 Å². The second kappa shape index (κ2) is 12.5. The molecule has 0 radical (unpaired) electrons. The molecular formula is C22H31IN4O3. The normalized spacial score (nSPS) is 13.3. The first-order chi connectivity index (χ1) is 14.2. The lowest BCUT2D eigenvalue weighted by molar-refractivity contribution is 0.259. The molecule has 30 heavy (non-hydrogen) atoms. The molecule has 0 saturated carbocycles. The van der Waals surface area contributed by atoms with Crippen molar-refractivity contribution in [3.05, 3.63) is 48.0 Å². The Kier molecular flexibility index (Phi) is 10.0. The molecule has 8 heteroatoms. The first kappa shape index (κ1) is 24.1. The molecular weight excluding hydrogens is 495 g/mol. The zero-order chi connectivity index (χ0) is 20.5. The molecule has 164 valence electrons. The summed E-state index contributed by atoms with van der Waals surface area (Å²) in [5.74, 6) is 3.08. The van der Waals surface area contributed by atoms with Crippen molar-refractivity contribution in [1.82, 2.24) is 10.2 Å². The van der Waals surface area contributed by atoms with E-state index in [0.717, 1.165) is 41.5 Å². The fourth-order valence-corrected chi connectivity index (χ4v) is 2.86. The average Bonchev–Trinajstić information content (AvgIpc) is 2.96. The minimum atomic E-state index is 0. The van der Waals surface area contributed by atoms with Gasteiger partial charge in [0.2, 0.25) is 0 Å². The highest BCUT2D eigenvalue weighted by atomic mass is 127. The van der Waals surface area contributed by atoms with Crippen LogP contribution in [0, 0.1) is 0 Å². The average molecular weight is 526 g/mol. The van der Waals surface area contributed by atoms with Crippen molar-refractivity contribution < 1.29 is 14.2 Å². The molecule has 3 rings (SSSR count). The number of nitrogens with one attached hydrogen (secondary N) is 2. The Morgan fingerprint density at radius 1 is 1.10 bits per heavy atom. The van der Waals surface area contributed by atoms with Gasteiger partial charge in [0.15, 0.2) is 17.5 Å². The summed E-state index contributed by atoms with van der Waals surface area (Å²) in [7, 11) is 5.82. The number of rotatable bonds is 7. The predicted octanol–water partition coefficient (Wildman–Crippen LogP) is 3.59. The van der Waals surface area contributed by atoms with E-state index in [0.29, 0.717) is 32.3 Å². The smallest absolute Gasteiger partial charge is 0.195 e. The molecule has 2 N–H and O–H groups in total. The molecule has 7 nitrogen and oxygen atoms in total. The van der Waals surface area contributed by atoms with Gasteiger partial charge in [-0.15, -0.1) is 24.0 Å². The summed E-state index contributed by atoms with van der Waals surface area (Å²) in [5.41, 5.74) is 1.96. The van der Waals surface area contributed by atoms with Crippen LogP contribution >= 0.6 is 24.0 Å². The largest absolute Gasteiger partial charge is 0.492 e. The van der Waals surface area contributed by atoms with Gasteiger partial charge in [-0.1, -0.05) is 18.2 Å². The summed E-state index contributed by atoms with van der Waals surface area (Å²) >= 11 is 0. The van der Waals surface area contributed by atoms with Crippen LogP contribution in [0.4, 0.5) is 5.69 Å². The number of guanidine groups is 1. The van der Waals surface area contributed by atoms with Crippen LogP contribution < -0.4 is 24.8 Å². The predicted molar refractivity (Wildman–Crippen MR) is 132 cm³/mol. The molecule has 1 aliphatic heterocycles. The standard InChI is InChI=1S/C22H30N4O3.HI/c1-23-22(25-18-9-10-20-21(15-18)28-13-6-12-27-20)24-16-17-7-4-5-8-19(17)29-14-11-26(2)3;/h4-5,7-10,15H,6,11-14,16H2,1-3H3,(H2,23,24,25);1H. The highest BCUT2D eigenvalue weighted by Crippen LogP contribution is 2.32. The number of halogens is 1. The van der Waals surface area contributed by atoms with Gasteiger partial charge in [0, 0.05) is 43.9 Å². The maximum atomic E-state index is 5.93. The number of benzene rings is 2. The summed E-state index contributed by atoms with van der Waals surface area (Å²) < 4.78 is 17.4. The molecule has 2 aromatic carbocycles. The molecule has 0 bridgehead atoms. The fraction of sp³-hybridized carbons (Fsp3) is 0.409. The summed E-state index contributed by atoms with van der Waals surface area (Å²) in [4.78, 5) is 6.42. The summed E-state index contributed by atoms with van der Waals surface area (Å²) in [6.45, 7) is 3.46. The van der Waals surface area contributed by atoms with Crippen molar-refractivity contribution in [2.24, 2.45) is 4.99 Å². The molecule has 0 saturated heterocycles. The van der Waals surface area contributed by atoms with Crippen molar-refractivity contribution >= 4 is 35.6 Å². The second-order valence-electron chi connectivity index (χ2n) is 7.02. The van der Waals surface area contributed by atoms with Crippen LogP contribution in [0.3, 0.4) is 0 Å². The number of fused-ring (bicyclic) bond motifs is 1. The molecule has 0 aromatic heterocycles. The Labute approximate surface area is 195 Å². The van der Waals surface area contributed by atoms with Crippen molar-refractivity contribution in [3.63, 3.8) is 0 Å². The van der Waals surface area contributed by atoms with Crippen molar-refractivity contribution in [3.8, 4) is 17.2 Å². The molecule has 0 unspecified atom stereocenters. The summed E-state index contributed by atoms with van der Waals surface area (Å²) in [6.07, 6.45) is 0.886. The van der Waals surface area contributed by atoms with E-state index in [1.54, 1.807) is 7.05 Å². The number of anilines is 1. The van der Waals surface area contributed by atoms with E-state index in [1.165, 1.54) is 0 Å². The highest BCUT2D eigenvalue weighted by Gasteiger charge is 2.11. The summed E-state index contributed by atoms with van der Waals surface area (Å²) in [5, 5.41) is 6.65. The third-order valence-electron chi connectivity index (χ3n) is 4.45. The van der Waals surface area contributed by atoms with Crippen molar-refractivity contribution in [2.75, 3.05) is 52.8 Å². The van der Waals surface area contributed by atoms with E-state index in [-0.39, 0.29) is 24.0 Å². The third kappa shape index (κ3) is 7.24. The monoisotopic (exact) mass is 526 g/mol. The van der Waals surface area contributed by atoms with Crippen LogP contribution in [0.15, 0.2) is 47.5 Å². The van der Waals surface area contributed by atoms with Crippen LogP contribution in [-0.4, -0.2) is 58.4 Å². The number of hydrogen-bond donors (Lipinski definition) is 2. The van der Waals surface area contributed by atoms with Gasteiger partial charge >= 0.3 is 0 Å². The molecule has 0 amide bonds. The third-order valence-corrected chi connectivity index (χ3v) is 4.45. The first-order valence-electron chi connectivity index (χ1n) is 9.88. The van der Waals surface area contributed by atoms with Crippen LogP contribution in [0.1, 0.15) is 12.0 Å². The molecule has 0 spiro atoms. The second-order valence-corrected chi connectivity index (χ2v) is 7.02. The van der Waals surface area contributed by atoms with Crippen LogP contribution in [-0.2, 0) is 6.54 Å². The molecule has 0 fully saturated rings. The molecule has 0 atom stereocenters. The van der Waals surface area contributed by atoms with Crippen LogP contribution in [0.25, 0.3) is 0 Å². The van der Waals surface area contributed by atoms with Gasteiger partial charge in [0.05, 0.1) is 13.2 Å². The quantitative estimate of drug-likeness (QED) is 0.327. The Morgan fingerprint density at radius 3 is 2.63 bits per heavy atom. The number of ether oxygens (including phenoxy) is 3. The van der Waals surface area contributed by atoms with E-state index >= 15 is 0 Å². The van der Waals surface area contributed by atoms with Crippen LogP contribution in [0.2, 0.25) is 0 Å². The lowest BCUT2D eigenvalue weighted by Crippen LogP contribution is -2.30. The van der Waals surface area contributed by atoms with Crippen molar-refractivity contribution in [1.29, 1.82) is 0 Å². The Morgan fingerprint density at radius 2 is 1.87 bits per heavy atom. The van der Waals surface area contributed by atoms with Gasteiger partial charge in [0.1, 0.15) is 12.4 Å². The highest BCUT2D eigenvalue weighted by molar-refractivity contribution is 14.0. The Bertz CT molecular complexity index is 830. The topological polar surface area (TPSA) is 67.4 Å². The molecule has 0 aliphatic carbocycles. The number of nitrogens with zero attached hydrogens (tertiary/aromatic N) is 2. The zero-order valence-corrected chi connectivity index (χ0v) is 20.1. The molecule has 2 aromatic rings. The number of hydrogen-bond acceptors (Lipinski definition) is 5. The fourth-order valence-electron chi connectivity index (χ4n) is 2.86. The lowest BCUT2D eigenvalue weighted by atomic mass is 10.2. The summed E-state index contributed by atoms with van der Waals surface area (Å²) in [6, 6.07) is 13.9. The Balaban J connectivity index is 0.00000320. The van der Waals surface area contributed by atoms with Gasteiger partial charge in [-0.05, 0) is 32.3 Å². The van der Waals surface area contributed by atoms with E-state index in [1.807, 2.05) is 50.5 Å². The maximum absolute atomic E-state index is 5.93. The minimum Gasteiger partial charge on any atom is -0.492 e. The molecule has 1 heterocycles. The van der Waals surface area contributed by atoms with Crippen molar-refractivity contribution in [2.45, 2.75) is 13.0 Å². The SMILES string of the molecule is CN=C(NCc1ccccc1OCCN(C)C)Nc1ccc2c(c1)OCCCO2.I. The first-order valence-corrected chi connectivity index (χ1v) is 9.88. The van der Waals surface area contributed by atoms with Gasteiger partial charge in [-0.2, -0.15) is 0 Å². The van der Waals surface area contributed by atoms with Gasteiger partial charge in [-0.25, -0.2) is 0 Å². The van der Waals surface area contributed by atoms with Gasteiger partial charge in [-0.3, -0.25) is 4.99 Å². The number of aliphatic imine (C=N–C) groups is 1.